The Hall–Kier alpha value is -2.16. The number of thiophene rings is 1. The van der Waals surface area contributed by atoms with E-state index < -0.39 is 0 Å². The molecular weight excluding hydrogens is 228 g/mol. The third-order valence-corrected chi connectivity index (χ3v) is 2.77. The lowest BCUT2D eigenvalue weighted by Gasteiger charge is -1.96. The number of ether oxygens (including phenoxy) is 1. The highest BCUT2D eigenvalue weighted by molar-refractivity contribution is 7.08. The second kappa shape index (κ2) is 5.80. The molecule has 0 saturated heterocycles. The summed E-state index contributed by atoms with van der Waals surface area (Å²) in [5.41, 5.74) is 1.95. The number of methoxy groups -OCH3 is 1. The first-order chi connectivity index (χ1) is 8.38. The molecule has 2 rings (SSSR count). The predicted octanol–water partition coefficient (Wildman–Crippen LogP) is 3.16. The zero-order valence-electron chi connectivity index (χ0n) is 9.36. The second-order valence-electron chi connectivity index (χ2n) is 3.24. The largest absolute Gasteiger partial charge is 0.497 e. The molecule has 2 aromatic rings. The van der Waals surface area contributed by atoms with E-state index in [1.165, 1.54) is 0 Å². The van der Waals surface area contributed by atoms with E-state index in [1.54, 1.807) is 18.4 Å². The van der Waals surface area contributed by atoms with Crippen LogP contribution in [0.5, 0.6) is 5.75 Å². The van der Waals surface area contributed by atoms with Gasteiger partial charge in [-0.1, -0.05) is 11.8 Å². The molecule has 0 radical (unpaired) electrons. The molecule has 1 aromatic carbocycles. The van der Waals surface area contributed by atoms with Crippen molar-refractivity contribution in [2.45, 2.75) is 0 Å². The minimum Gasteiger partial charge on any atom is -0.497 e. The zero-order chi connectivity index (χ0) is 11.9. The fraction of sp³-hybridized carbons (Fsp3) is 0.0667. The van der Waals surface area contributed by atoms with Gasteiger partial charge in [-0.15, -0.1) is 0 Å². The van der Waals surface area contributed by atoms with E-state index in [9.17, 15) is 0 Å². The minimum atomic E-state index is 0.833. The lowest BCUT2D eigenvalue weighted by atomic mass is 10.2. The molecule has 0 saturated carbocycles. The lowest BCUT2D eigenvalue weighted by molar-refractivity contribution is 0.415. The van der Waals surface area contributed by atoms with Crippen molar-refractivity contribution in [1.82, 2.24) is 0 Å². The van der Waals surface area contributed by atoms with Crippen LogP contribution in [-0.4, -0.2) is 7.11 Å². The Bertz CT molecular complexity index is 586. The van der Waals surface area contributed by atoms with Crippen LogP contribution in [0.25, 0.3) is 0 Å². The van der Waals surface area contributed by atoms with E-state index in [4.69, 9.17) is 4.74 Å². The van der Waals surface area contributed by atoms with Gasteiger partial charge in [0.15, 0.2) is 0 Å². The van der Waals surface area contributed by atoms with E-state index in [-0.39, 0.29) is 0 Å². The second-order valence-corrected chi connectivity index (χ2v) is 4.02. The van der Waals surface area contributed by atoms with Gasteiger partial charge in [0.25, 0.3) is 0 Å². The zero-order valence-corrected chi connectivity index (χ0v) is 10.2. The molecule has 0 amide bonds. The predicted molar refractivity (Wildman–Crippen MR) is 71.1 cm³/mol. The number of hydrogen-bond acceptors (Lipinski definition) is 2. The molecule has 0 aliphatic rings. The van der Waals surface area contributed by atoms with E-state index in [0.717, 1.165) is 16.9 Å². The quantitative estimate of drug-likeness (QED) is 0.693. The number of hydrogen-bond donors (Lipinski definition) is 0. The van der Waals surface area contributed by atoms with Crippen LogP contribution in [0.3, 0.4) is 0 Å². The van der Waals surface area contributed by atoms with Crippen molar-refractivity contribution in [1.29, 1.82) is 0 Å². The number of benzene rings is 1. The van der Waals surface area contributed by atoms with Crippen LogP contribution in [0, 0.1) is 23.7 Å². The first kappa shape index (κ1) is 11.3. The van der Waals surface area contributed by atoms with E-state index in [0.29, 0.717) is 0 Å². The van der Waals surface area contributed by atoms with Gasteiger partial charge in [-0.3, -0.25) is 0 Å². The highest BCUT2D eigenvalue weighted by Crippen LogP contribution is 2.10. The highest BCUT2D eigenvalue weighted by atomic mass is 32.1. The van der Waals surface area contributed by atoms with Crippen molar-refractivity contribution in [2.75, 3.05) is 7.11 Å². The topological polar surface area (TPSA) is 9.23 Å². The molecule has 82 valence electrons. The summed E-state index contributed by atoms with van der Waals surface area (Å²) in [6.45, 7) is 0. The summed E-state index contributed by atoms with van der Waals surface area (Å²) in [7, 11) is 1.65. The third-order valence-electron chi connectivity index (χ3n) is 2.09. The smallest absolute Gasteiger partial charge is 0.118 e. The molecule has 0 N–H and O–H groups in total. The Morgan fingerprint density at radius 3 is 2.24 bits per heavy atom. The minimum absolute atomic E-state index is 0.833. The first-order valence-corrected chi connectivity index (χ1v) is 6.01. The van der Waals surface area contributed by atoms with Crippen LogP contribution < -0.4 is 4.74 Å². The third kappa shape index (κ3) is 3.41. The van der Waals surface area contributed by atoms with E-state index in [1.807, 2.05) is 41.1 Å². The van der Waals surface area contributed by atoms with Crippen LogP contribution in [0.15, 0.2) is 41.1 Å². The van der Waals surface area contributed by atoms with Crippen LogP contribution in [0.1, 0.15) is 11.1 Å². The molecule has 0 bridgehead atoms. The van der Waals surface area contributed by atoms with Gasteiger partial charge >= 0.3 is 0 Å². The molecule has 0 aliphatic carbocycles. The summed E-state index contributed by atoms with van der Waals surface area (Å²) in [4.78, 5) is 0. The monoisotopic (exact) mass is 238 g/mol. The Labute approximate surface area is 105 Å². The van der Waals surface area contributed by atoms with Crippen molar-refractivity contribution in [3.05, 3.63) is 52.2 Å². The van der Waals surface area contributed by atoms with Crippen molar-refractivity contribution in [2.24, 2.45) is 0 Å². The summed E-state index contributed by atoms with van der Waals surface area (Å²) in [6.07, 6.45) is 0. The van der Waals surface area contributed by atoms with Gasteiger partial charge in [0.2, 0.25) is 0 Å². The molecule has 1 nitrogen and oxygen atoms in total. The molecule has 0 aliphatic heterocycles. The van der Waals surface area contributed by atoms with E-state index in [2.05, 4.69) is 23.7 Å². The Kier molecular flexibility index (Phi) is 3.86. The molecule has 0 atom stereocenters. The fourth-order valence-corrected chi connectivity index (χ4v) is 1.80. The standard InChI is InChI=1S/C15H10OS/c1-16-15-8-6-13(7-9-15)4-2-3-5-14-10-11-17-12-14/h6-12H,1H3. The summed E-state index contributed by atoms with van der Waals surface area (Å²) in [5, 5.41) is 4.00. The van der Waals surface area contributed by atoms with Crippen molar-refractivity contribution in [3.63, 3.8) is 0 Å². The van der Waals surface area contributed by atoms with Crippen molar-refractivity contribution < 1.29 is 4.74 Å². The van der Waals surface area contributed by atoms with Gasteiger partial charge in [-0.2, -0.15) is 11.3 Å². The molecule has 2 heteroatoms. The van der Waals surface area contributed by atoms with Crippen molar-refractivity contribution >= 4 is 11.3 Å². The highest BCUT2D eigenvalue weighted by Gasteiger charge is 1.88. The van der Waals surface area contributed by atoms with Crippen LogP contribution in [0.2, 0.25) is 0 Å². The molecule has 0 fully saturated rings. The maximum atomic E-state index is 5.07. The molecule has 17 heavy (non-hydrogen) atoms. The fourth-order valence-electron chi connectivity index (χ4n) is 1.22. The summed E-state index contributed by atoms with van der Waals surface area (Å²) in [6, 6.07) is 9.58. The van der Waals surface area contributed by atoms with Gasteiger partial charge in [0.1, 0.15) is 5.75 Å². The molecule has 1 heterocycles. The maximum absolute atomic E-state index is 5.07. The summed E-state index contributed by atoms with van der Waals surface area (Å²) >= 11 is 1.63. The SMILES string of the molecule is COc1ccc(C#CC#Cc2ccsc2)cc1. The Balaban J connectivity index is 2.06. The maximum Gasteiger partial charge on any atom is 0.118 e. The molecule has 1 aromatic heterocycles. The van der Waals surface area contributed by atoms with Gasteiger partial charge in [0, 0.05) is 16.5 Å². The summed E-state index contributed by atoms with van der Waals surface area (Å²) in [5.74, 6) is 12.5. The van der Waals surface area contributed by atoms with Gasteiger partial charge in [-0.05, 0) is 47.6 Å². The van der Waals surface area contributed by atoms with Gasteiger partial charge in [-0.25, -0.2) is 0 Å². The Morgan fingerprint density at radius 2 is 1.65 bits per heavy atom. The molecule has 0 spiro atoms. The molecular formula is C15H10OS. The van der Waals surface area contributed by atoms with Gasteiger partial charge in [0.05, 0.1) is 7.11 Å². The average Bonchev–Trinajstić information content (AvgIpc) is 2.88. The first-order valence-electron chi connectivity index (χ1n) is 5.07. The van der Waals surface area contributed by atoms with Crippen LogP contribution >= 0.6 is 11.3 Å². The number of rotatable bonds is 1. The normalized spacial score (nSPS) is 8.53. The lowest BCUT2D eigenvalue weighted by Crippen LogP contribution is -1.81. The van der Waals surface area contributed by atoms with Gasteiger partial charge < -0.3 is 4.74 Å². The van der Waals surface area contributed by atoms with Crippen LogP contribution in [0.4, 0.5) is 0 Å². The van der Waals surface area contributed by atoms with Crippen LogP contribution in [-0.2, 0) is 0 Å². The van der Waals surface area contributed by atoms with Crippen molar-refractivity contribution in [3.8, 4) is 29.4 Å². The Morgan fingerprint density at radius 1 is 0.941 bits per heavy atom. The average molecular weight is 238 g/mol. The summed E-state index contributed by atoms with van der Waals surface area (Å²) < 4.78 is 5.07. The molecule has 0 unspecified atom stereocenters. The van der Waals surface area contributed by atoms with E-state index >= 15 is 0 Å².